The van der Waals surface area contributed by atoms with E-state index in [2.05, 4.69) is 15.4 Å². The molecule has 2 aromatic carbocycles. The van der Waals surface area contributed by atoms with Crippen LogP contribution in [0.3, 0.4) is 0 Å². The third-order valence-electron chi connectivity index (χ3n) is 4.26. The molecule has 1 amide bonds. The minimum atomic E-state index is -0.933. The van der Waals surface area contributed by atoms with Gasteiger partial charge in [0, 0.05) is 23.6 Å². The van der Waals surface area contributed by atoms with E-state index in [4.69, 9.17) is 0 Å². The van der Waals surface area contributed by atoms with Crippen LogP contribution in [0.25, 0.3) is 16.9 Å². The zero-order chi connectivity index (χ0) is 20.2. The zero-order valence-electron chi connectivity index (χ0n) is 15.2. The molecule has 2 heterocycles. The summed E-state index contributed by atoms with van der Waals surface area (Å²) in [5.74, 6) is -2.02. The molecule has 146 valence electrons. The van der Waals surface area contributed by atoms with Gasteiger partial charge in [-0.2, -0.15) is 5.10 Å². The molecule has 0 radical (unpaired) electrons. The molecule has 0 unspecified atom stereocenters. The highest BCUT2D eigenvalue weighted by Gasteiger charge is 2.11. The standard InChI is InChI=1S/C21H16F2N4OS/c22-17-8-7-15(10-18(17)23)19-13-29-21(25-19)26-20(28)9-6-14-11-24-27(12-14)16-4-2-1-3-5-16/h1-5,7-8,10-13H,6,9H2,(H,25,26,28). The average Bonchev–Trinajstić information content (AvgIpc) is 3.39. The van der Waals surface area contributed by atoms with Crippen LogP contribution in [0, 0.1) is 11.6 Å². The molecule has 0 bridgehead atoms. The lowest BCUT2D eigenvalue weighted by atomic mass is 10.2. The Balaban J connectivity index is 1.34. The van der Waals surface area contributed by atoms with Crippen LogP contribution < -0.4 is 5.32 Å². The van der Waals surface area contributed by atoms with Gasteiger partial charge in [-0.15, -0.1) is 11.3 Å². The molecular formula is C21H16F2N4OS. The largest absolute Gasteiger partial charge is 0.302 e. The van der Waals surface area contributed by atoms with Crippen molar-refractivity contribution in [2.75, 3.05) is 5.32 Å². The van der Waals surface area contributed by atoms with Crippen molar-refractivity contribution in [3.05, 3.63) is 83.5 Å². The molecule has 0 spiro atoms. The molecule has 8 heteroatoms. The molecule has 4 aromatic rings. The maximum absolute atomic E-state index is 13.4. The monoisotopic (exact) mass is 410 g/mol. The van der Waals surface area contributed by atoms with Crippen LogP contribution in [0.5, 0.6) is 0 Å². The lowest BCUT2D eigenvalue weighted by Gasteiger charge is -2.01. The number of aromatic nitrogens is 3. The van der Waals surface area contributed by atoms with Crippen LogP contribution in [0.2, 0.25) is 0 Å². The topological polar surface area (TPSA) is 59.8 Å². The minimum Gasteiger partial charge on any atom is -0.302 e. The van der Waals surface area contributed by atoms with Gasteiger partial charge in [0.15, 0.2) is 16.8 Å². The molecule has 5 nitrogen and oxygen atoms in total. The van der Waals surface area contributed by atoms with E-state index in [9.17, 15) is 13.6 Å². The van der Waals surface area contributed by atoms with Crippen LogP contribution in [0.15, 0.2) is 66.3 Å². The first kappa shape index (κ1) is 18.9. The van der Waals surface area contributed by atoms with Gasteiger partial charge in [-0.1, -0.05) is 18.2 Å². The van der Waals surface area contributed by atoms with E-state index in [0.29, 0.717) is 22.8 Å². The molecule has 1 N–H and O–H groups in total. The number of thiazole rings is 1. The van der Waals surface area contributed by atoms with Crippen molar-refractivity contribution in [3.8, 4) is 16.9 Å². The van der Waals surface area contributed by atoms with E-state index >= 15 is 0 Å². The maximum atomic E-state index is 13.4. The van der Waals surface area contributed by atoms with Crippen molar-refractivity contribution in [2.45, 2.75) is 12.8 Å². The van der Waals surface area contributed by atoms with Crippen molar-refractivity contribution < 1.29 is 13.6 Å². The number of nitrogens with one attached hydrogen (secondary N) is 1. The van der Waals surface area contributed by atoms with E-state index in [1.807, 2.05) is 36.5 Å². The van der Waals surface area contributed by atoms with Gasteiger partial charge in [0.1, 0.15) is 0 Å². The Kier molecular flexibility index (Phi) is 5.44. The molecule has 0 fully saturated rings. The van der Waals surface area contributed by atoms with Crippen LogP contribution >= 0.6 is 11.3 Å². The van der Waals surface area contributed by atoms with Gasteiger partial charge in [0.2, 0.25) is 5.91 Å². The number of benzene rings is 2. The number of anilines is 1. The fraction of sp³-hybridized carbons (Fsp3) is 0.0952. The molecule has 0 aliphatic heterocycles. The van der Waals surface area contributed by atoms with E-state index < -0.39 is 11.6 Å². The summed E-state index contributed by atoms with van der Waals surface area (Å²) in [5.41, 5.74) is 2.84. The highest BCUT2D eigenvalue weighted by atomic mass is 32.1. The fourth-order valence-electron chi connectivity index (χ4n) is 2.77. The third kappa shape index (κ3) is 4.55. The second kappa shape index (κ2) is 8.32. The molecule has 0 atom stereocenters. The smallest absolute Gasteiger partial charge is 0.226 e. The van der Waals surface area contributed by atoms with Crippen molar-refractivity contribution in [1.82, 2.24) is 14.8 Å². The molecule has 2 aromatic heterocycles. The number of aryl methyl sites for hydroxylation is 1. The first-order valence-corrected chi connectivity index (χ1v) is 9.76. The summed E-state index contributed by atoms with van der Waals surface area (Å²) in [4.78, 5) is 16.5. The first-order valence-electron chi connectivity index (χ1n) is 8.88. The molecule has 0 saturated heterocycles. The molecule has 0 saturated carbocycles. The van der Waals surface area contributed by atoms with Gasteiger partial charge in [-0.3, -0.25) is 4.79 Å². The molecule has 29 heavy (non-hydrogen) atoms. The Bertz CT molecular complexity index is 1140. The van der Waals surface area contributed by atoms with Crippen LogP contribution in [0.4, 0.5) is 13.9 Å². The molecule has 0 aliphatic carbocycles. The van der Waals surface area contributed by atoms with Crippen LogP contribution in [-0.4, -0.2) is 20.7 Å². The number of halogens is 2. The van der Waals surface area contributed by atoms with Crippen LogP contribution in [0.1, 0.15) is 12.0 Å². The van der Waals surface area contributed by atoms with E-state index in [1.54, 1.807) is 16.3 Å². The highest BCUT2D eigenvalue weighted by molar-refractivity contribution is 7.14. The molecule has 0 aliphatic rings. The molecule has 4 rings (SSSR count). The summed E-state index contributed by atoms with van der Waals surface area (Å²) in [6.07, 6.45) is 4.46. The Hall–Kier alpha value is -3.39. The van der Waals surface area contributed by atoms with Crippen LogP contribution in [-0.2, 0) is 11.2 Å². The van der Waals surface area contributed by atoms with Gasteiger partial charge in [0.05, 0.1) is 17.6 Å². The molecular weight excluding hydrogens is 394 g/mol. The van der Waals surface area contributed by atoms with Gasteiger partial charge >= 0.3 is 0 Å². The summed E-state index contributed by atoms with van der Waals surface area (Å²) in [7, 11) is 0. The second-order valence-electron chi connectivity index (χ2n) is 6.34. The second-order valence-corrected chi connectivity index (χ2v) is 7.20. The predicted molar refractivity (Wildman–Crippen MR) is 108 cm³/mol. The fourth-order valence-corrected chi connectivity index (χ4v) is 3.51. The van der Waals surface area contributed by atoms with Gasteiger partial charge in [-0.25, -0.2) is 18.4 Å². The summed E-state index contributed by atoms with van der Waals surface area (Å²) < 4.78 is 28.2. The Morgan fingerprint density at radius 3 is 2.72 bits per heavy atom. The lowest BCUT2D eigenvalue weighted by molar-refractivity contribution is -0.116. The highest BCUT2D eigenvalue weighted by Crippen LogP contribution is 2.26. The maximum Gasteiger partial charge on any atom is 0.226 e. The van der Waals surface area contributed by atoms with E-state index in [0.717, 1.165) is 23.4 Å². The van der Waals surface area contributed by atoms with E-state index in [-0.39, 0.29) is 12.3 Å². The number of carbonyl (C=O) groups is 1. The Labute approximate surface area is 169 Å². The predicted octanol–water partition coefficient (Wildman–Crippen LogP) is 4.85. The number of hydrogen-bond acceptors (Lipinski definition) is 4. The quantitative estimate of drug-likeness (QED) is 0.495. The summed E-state index contributed by atoms with van der Waals surface area (Å²) in [6.45, 7) is 0. The number of para-hydroxylation sites is 1. The van der Waals surface area contributed by atoms with Gasteiger partial charge in [-0.05, 0) is 42.3 Å². The van der Waals surface area contributed by atoms with Crippen molar-refractivity contribution in [1.29, 1.82) is 0 Å². The number of rotatable bonds is 6. The third-order valence-corrected chi connectivity index (χ3v) is 5.02. The van der Waals surface area contributed by atoms with Crippen molar-refractivity contribution in [2.24, 2.45) is 0 Å². The average molecular weight is 410 g/mol. The summed E-state index contributed by atoms with van der Waals surface area (Å²) in [6, 6.07) is 13.3. The zero-order valence-corrected chi connectivity index (χ0v) is 16.0. The summed E-state index contributed by atoms with van der Waals surface area (Å²) in [5, 5.41) is 9.15. The normalized spacial score (nSPS) is 10.8. The number of carbonyl (C=O) groups excluding carboxylic acids is 1. The lowest BCUT2D eigenvalue weighted by Crippen LogP contribution is -2.12. The van der Waals surface area contributed by atoms with Crippen molar-refractivity contribution >= 4 is 22.4 Å². The van der Waals surface area contributed by atoms with Gasteiger partial charge in [0.25, 0.3) is 0 Å². The summed E-state index contributed by atoms with van der Waals surface area (Å²) >= 11 is 1.23. The number of amides is 1. The minimum absolute atomic E-state index is 0.177. The Morgan fingerprint density at radius 1 is 1.10 bits per heavy atom. The Morgan fingerprint density at radius 2 is 1.93 bits per heavy atom. The number of nitrogens with zero attached hydrogens (tertiary/aromatic N) is 3. The first-order chi connectivity index (χ1) is 14.1. The number of hydrogen-bond donors (Lipinski definition) is 1. The van der Waals surface area contributed by atoms with Crippen molar-refractivity contribution in [3.63, 3.8) is 0 Å². The SMILES string of the molecule is O=C(CCc1cnn(-c2ccccc2)c1)Nc1nc(-c2ccc(F)c(F)c2)cs1. The van der Waals surface area contributed by atoms with E-state index in [1.165, 1.54) is 17.4 Å². The van der Waals surface area contributed by atoms with Gasteiger partial charge < -0.3 is 5.32 Å².